The average Bonchev–Trinajstić information content (AvgIpc) is 2.87. The molecule has 174 valence electrons. The molecule has 0 aliphatic carbocycles. The summed E-state index contributed by atoms with van der Waals surface area (Å²) in [7, 11) is 0. The lowest BCUT2D eigenvalue weighted by Crippen LogP contribution is -2.13. The molecule has 4 rings (SSSR count). The van der Waals surface area contributed by atoms with Crippen LogP contribution in [0.3, 0.4) is 0 Å². The van der Waals surface area contributed by atoms with Gasteiger partial charge in [-0.3, -0.25) is 4.79 Å². The molecular formula is C29H23IN2O3. The Morgan fingerprint density at radius 3 is 2.57 bits per heavy atom. The van der Waals surface area contributed by atoms with E-state index < -0.39 is 5.91 Å². The standard InChI is InChI=1S/C29H23IN2O3/c1-2-34-26-9-5-8-25(17-26)32-29(33)24(18-31)14-20-11-13-28(27(30)16-20)35-19-21-10-12-22-6-3-4-7-23(22)15-21/h3-17H,2,19H2,1H3,(H,32,33)/b24-14-. The van der Waals surface area contributed by atoms with Crippen molar-refractivity contribution in [2.45, 2.75) is 13.5 Å². The van der Waals surface area contributed by atoms with Crippen LogP contribution >= 0.6 is 22.6 Å². The van der Waals surface area contributed by atoms with Crippen LogP contribution in [0.1, 0.15) is 18.1 Å². The number of hydrogen-bond acceptors (Lipinski definition) is 4. The van der Waals surface area contributed by atoms with Crippen molar-refractivity contribution in [1.29, 1.82) is 5.26 Å². The summed E-state index contributed by atoms with van der Waals surface area (Å²) in [4.78, 5) is 12.7. The summed E-state index contributed by atoms with van der Waals surface area (Å²) in [5.74, 6) is 0.918. The molecule has 0 aromatic heterocycles. The molecule has 0 aliphatic heterocycles. The van der Waals surface area contributed by atoms with Crippen LogP contribution < -0.4 is 14.8 Å². The van der Waals surface area contributed by atoms with E-state index in [4.69, 9.17) is 9.47 Å². The SMILES string of the molecule is CCOc1cccc(NC(=O)/C(C#N)=C\c2ccc(OCc3ccc4ccccc4c3)c(I)c2)c1. The van der Waals surface area contributed by atoms with E-state index in [9.17, 15) is 10.1 Å². The van der Waals surface area contributed by atoms with E-state index >= 15 is 0 Å². The Balaban J connectivity index is 1.44. The minimum atomic E-state index is -0.479. The van der Waals surface area contributed by atoms with Gasteiger partial charge in [0.15, 0.2) is 0 Å². The summed E-state index contributed by atoms with van der Waals surface area (Å²) in [5.41, 5.74) is 2.39. The van der Waals surface area contributed by atoms with Gasteiger partial charge in [0.2, 0.25) is 0 Å². The molecule has 0 heterocycles. The predicted octanol–water partition coefficient (Wildman–Crippen LogP) is 6.97. The van der Waals surface area contributed by atoms with Crippen molar-refractivity contribution in [3.8, 4) is 17.6 Å². The van der Waals surface area contributed by atoms with Crippen molar-refractivity contribution in [2.75, 3.05) is 11.9 Å². The molecular weight excluding hydrogens is 551 g/mol. The molecule has 4 aromatic rings. The van der Waals surface area contributed by atoms with Gasteiger partial charge >= 0.3 is 0 Å². The maximum absolute atomic E-state index is 12.7. The molecule has 0 unspecified atom stereocenters. The minimum Gasteiger partial charge on any atom is -0.494 e. The lowest BCUT2D eigenvalue weighted by atomic mass is 10.1. The average molecular weight is 574 g/mol. The number of halogens is 1. The number of hydrogen-bond donors (Lipinski definition) is 1. The molecule has 0 radical (unpaired) electrons. The van der Waals surface area contributed by atoms with Crippen LogP contribution in [0.2, 0.25) is 0 Å². The Kier molecular flexibility index (Phi) is 8.01. The van der Waals surface area contributed by atoms with Gasteiger partial charge in [-0.25, -0.2) is 0 Å². The Labute approximate surface area is 218 Å². The second kappa shape index (κ2) is 11.5. The number of nitrogens with zero attached hydrogens (tertiary/aromatic N) is 1. The summed E-state index contributed by atoms with van der Waals surface area (Å²) in [6.45, 7) is 2.87. The molecule has 0 fully saturated rings. The maximum atomic E-state index is 12.7. The first kappa shape index (κ1) is 24.3. The number of carbonyl (C=O) groups is 1. The molecule has 4 aromatic carbocycles. The number of rotatable bonds is 8. The second-order valence-corrected chi connectivity index (χ2v) is 8.91. The van der Waals surface area contributed by atoms with E-state index in [1.54, 1.807) is 24.3 Å². The Morgan fingerprint density at radius 1 is 0.971 bits per heavy atom. The number of benzene rings is 4. The van der Waals surface area contributed by atoms with E-state index in [1.165, 1.54) is 10.8 Å². The fourth-order valence-corrected chi connectivity index (χ4v) is 4.25. The molecule has 0 spiro atoms. The molecule has 1 N–H and O–H groups in total. The van der Waals surface area contributed by atoms with Crippen molar-refractivity contribution in [3.63, 3.8) is 0 Å². The van der Waals surface area contributed by atoms with Gasteiger partial charge < -0.3 is 14.8 Å². The van der Waals surface area contributed by atoms with Gasteiger partial charge in [0.05, 0.1) is 10.2 Å². The molecule has 0 aliphatic rings. The summed E-state index contributed by atoms with van der Waals surface area (Å²) in [5, 5.41) is 14.7. The van der Waals surface area contributed by atoms with Crippen LogP contribution in [-0.2, 0) is 11.4 Å². The third kappa shape index (κ3) is 6.40. The van der Waals surface area contributed by atoms with E-state index in [0.717, 1.165) is 20.4 Å². The highest BCUT2D eigenvalue weighted by molar-refractivity contribution is 14.1. The number of fused-ring (bicyclic) bond motifs is 1. The Hall–Kier alpha value is -3.83. The van der Waals surface area contributed by atoms with Crippen LogP contribution in [0.5, 0.6) is 11.5 Å². The number of carbonyl (C=O) groups excluding carboxylic acids is 1. The van der Waals surface area contributed by atoms with E-state index in [0.29, 0.717) is 24.7 Å². The molecule has 6 heteroatoms. The second-order valence-electron chi connectivity index (χ2n) is 7.74. The van der Waals surface area contributed by atoms with Crippen molar-refractivity contribution in [1.82, 2.24) is 0 Å². The van der Waals surface area contributed by atoms with Gasteiger partial charge in [-0.05, 0) is 87.8 Å². The van der Waals surface area contributed by atoms with Crippen molar-refractivity contribution in [3.05, 3.63) is 105 Å². The van der Waals surface area contributed by atoms with Gasteiger partial charge in [0.1, 0.15) is 29.7 Å². The first-order valence-electron chi connectivity index (χ1n) is 11.1. The quantitative estimate of drug-likeness (QED) is 0.140. The fourth-order valence-electron chi connectivity index (χ4n) is 3.56. The minimum absolute atomic E-state index is 0.00689. The zero-order chi connectivity index (χ0) is 24.6. The van der Waals surface area contributed by atoms with Crippen molar-refractivity contribution >= 4 is 51.0 Å². The highest BCUT2D eigenvalue weighted by Crippen LogP contribution is 2.25. The molecule has 35 heavy (non-hydrogen) atoms. The van der Waals surface area contributed by atoms with Crippen LogP contribution in [0, 0.1) is 14.9 Å². The highest BCUT2D eigenvalue weighted by atomic mass is 127. The van der Waals surface area contributed by atoms with Gasteiger partial charge in [0, 0.05) is 11.8 Å². The lowest BCUT2D eigenvalue weighted by Gasteiger charge is -2.10. The number of nitrogens with one attached hydrogen (secondary N) is 1. The number of nitriles is 1. The predicted molar refractivity (Wildman–Crippen MR) is 147 cm³/mol. The smallest absolute Gasteiger partial charge is 0.266 e. The molecule has 0 saturated carbocycles. The van der Waals surface area contributed by atoms with Crippen LogP contribution in [-0.4, -0.2) is 12.5 Å². The summed E-state index contributed by atoms with van der Waals surface area (Å²) >= 11 is 2.20. The number of anilines is 1. The number of amides is 1. The van der Waals surface area contributed by atoms with Crippen LogP contribution in [0.15, 0.2) is 90.5 Å². The first-order valence-corrected chi connectivity index (χ1v) is 12.2. The zero-order valence-electron chi connectivity index (χ0n) is 19.1. The summed E-state index contributed by atoms with van der Waals surface area (Å²) in [6, 6.07) is 29.1. The highest BCUT2D eigenvalue weighted by Gasteiger charge is 2.11. The first-order chi connectivity index (χ1) is 17.1. The van der Waals surface area contributed by atoms with Gasteiger partial charge in [-0.15, -0.1) is 0 Å². The molecule has 0 saturated heterocycles. The van der Waals surface area contributed by atoms with E-state index in [1.807, 2.05) is 49.4 Å². The van der Waals surface area contributed by atoms with Crippen LogP contribution in [0.4, 0.5) is 5.69 Å². The monoisotopic (exact) mass is 574 g/mol. The van der Waals surface area contributed by atoms with E-state index in [2.05, 4.69) is 58.2 Å². The van der Waals surface area contributed by atoms with Crippen molar-refractivity contribution < 1.29 is 14.3 Å². The normalized spacial score (nSPS) is 11.1. The maximum Gasteiger partial charge on any atom is 0.266 e. The van der Waals surface area contributed by atoms with Gasteiger partial charge in [-0.1, -0.05) is 48.5 Å². The van der Waals surface area contributed by atoms with Gasteiger partial charge in [0.25, 0.3) is 5.91 Å². The molecule has 0 bridgehead atoms. The largest absolute Gasteiger partial charge is 0.494 e. The Morgan fingerprint density at radius 2 is 1.80 bits per heavy atom. The summed E-state index contributed by atoms with van der Waals surface area (Å²) in [6.07, 6.45) is 1.57. The van der Waals surface area contributed by atoms with E-state index in [-0.39, 0.29) is 5.57 Å². The number of ether oxygens (including phenoxy) is 2. The summed E-state index contributed by atoms with van der Waals surface area (Å²) < 4.78 is 12.4. The molecule has 0 atom stereocenters. The topological polar surface area (TPSA) is 71.3 Å². The third-order valence-corrected chi connectivity index (χ3v) is 6.09. The Bertz CT molecular complexity index is 1440. The lowest BCUT2D eigenvalue weighted by molar-refractivity contribution is -0.112. The van der Waals surface area contributed by atoms with Crippen molar-refractivity contribution in [2.24, 2.45) is 0 Å². The molecule has 5 nitrogen and oxygen atoms in total. The zero-order valence-corrected chi connectivity index (χ0v) is 21.3. The van der Waals surface area contributed by atoms with Gasteiger partial charge in [-0.2, -0.15) is 5.26 Å². The fraction of sp³-hybridized carbons (Fsp3) is 0.103. The third-order valence-electron chi connectivity index (χ3n) is 5.24. The molecule has 1 amide bonds. The van der Waals surface area contributed by atoms with Crippen LogP contribution in [0.25, 0.3) is 16.8 Å².